The fourth-order valence-electron chi connectivity index (χ4n) is 9.85. The number of para-hydroxylation sites is 1. The molecule has 0 spiro atoms. The standard InChI is InChI=1S/C55H70N16O13/c1-29(2)16-38(50(79)69-42(17-30-9-11-34(73)12-10-30)55(84)71-15-5-8-44(71)54(83)60-24-45(56)74)65-47(76)25-61-48(77)40(19-32-22-57-27-62-32)67-53(82)43(26-72)70-51(80)39(18-31-21-59-36-7-4-3-6-35(31)36)66-52(81)41(20-33-23-58-28-63-33)68-49(78)37-13-14-46(75)64-37/h3-4,6-7,9-12,21-23,27-29,37-44,59,72-73H,5,8,13-20,24-26H2,1-2H3,(H2,56,74)(H,57,62)(H,58,63)(H,60,83)(H,61,77)(H,64,75)(H,65,76)(H,66,81)(H,67,82)(H,68,78)(H,69,79)(H,70,80)/t37-,38-,39-,40-,41-,42-,43-,44-/m0/s1. The Kier molecular flexibility index (Phi) is 21.6. The van der Waals surface area contributed by atoms with Gasteiger partial charge in [0.15, 0.2) is 0 Å². The number of carbonyl (C=O) groups excluding carboxylic acids is 11. The molecule has 2 aliphatic rings. The number of imidazole rings is 2. The Bertz CT molecular complexity index is 3150. The van der Waals surface area contributed by atoms with Gasteiger partial charge >= 0.3 is 0 Å². The molecule has 7 rings (SSSR count). The zero-order chi connectivity index (χ0) is 60.5. The summed E-state index contributed by atoms with van der Waals surface area (Å²) in [5.41, 5.74) is 7.87. The number of likely N-dealkylation sites (tertiary alicyclic amines) is 1. The summed E-state index contributed by atoms with van der Waals surface area (Å²) in [6, 6.07) is 2.71. The molecule has 11 amide bonds. The molecule has 2 aliphatic heterocycles. The molecule has 84 heavy (non-hydrogen) atoms. The van der Waals surface area contributed by atoms with Gasteiger partial charge in [0.1, 0.15) is 54.1 Å². The number of nitrogens with zero attached hydrogens (tertiary/aromatic N) is 3. The Morgan fingerprint density at radius 2 is 1.27 bits per heavy atom. The first-order valence-corrected chi connectivity index (χ1v) is 27.4. The Hall–Kier alpha value is -9.67. The molecule has 2 fully saturated rings. The second-order valence-corrected chi connectivity index (χ2v) is 21.0. The highest BCUT2D eigenvalue weighted by molar-refractivity contribution is 5.99. The van der Waals surface area contributed by atoms with E-state index in [1.54, 1.807) is 56.4 Å². The van der Waals surface area contributed by atoms with E-state index in [1.807, 2.05) is 0 Å². The largest absolute Gasteiger partial charge is 0.508 e. The predicted octanol–water partition coefficient (Wildman–Crippen LogP) is -3.48. The number of carbonyl (C=O) groups is 11. The van der Waals surface area contributed by atoms with Crippen LogP contribution in [0, 0.1) is 5.92 Å². The maximum atomic E-state index is 14.4. The Morgan fingerprint density at radius 3 is 1.88 bits per heavy atom. The third-order valence-electron chi connectivity index (χ3n) is 14.1. The van der Waals surface area contributed by atoms with Crippen molar-refractivity contribution in [1.82, 2.24) is 77.7 Å². The number of phenolic OH excluding ortho intramolecular Hbond substituents is 1. The van der Waals surface area contributed by atoms with Crippen molar-refractivity contribution in [3.8, 4) is 5.75 Å². The van der Waals surface area contributed by atoms with Crippen LogP contribution >= 0.6 is 0 Å². The molecule has 2 aromatic carbocycles. The van der Waals surface area contributed by atoms with E-state index in [4.69, 9.17) is 5.73 Å². The molecular formula is C55H70N16O13. The van der Waals surface area contributed by atoms with Crippen LogP contribution in [0.2, 0.25) is 0 Å². The number of hydrogen-bond donors (Lipinski definition) is 15. The molecule has 0 unspecified atom stereocenters. The third kappa shape index (κ3) is 17.4. The number of hydrogen-bond acceptors (Lipinski definition) is 15. The van der Waals surface area contributed by atoms with E-state index in [-0.39, 0.29) is 75.5 Å². The van der Waals surface area contributed by atoms with Gasteiger partial charge in [0.25, 0.3) is 0 Å². The number of benzene rings is 2. The van der Waals surface area contributed by atoms with Crippen molar-refractivity contribution in [3.63, 3.8) is 0 Å². The zero-order valence-corrected chi connectivity index (χ0v) is 46.2. The van der Waals surface area contributed by atoms with E-state index < -0.39 is 127 Å². The average Bonchev–Trinajstić information content (AvgIpc) is 4.08. The highest BCUT2D eigenvalue weighted by Crippen LogP contribution is 2.22. The first kappa shape index (κ1) is 61.9. The molecule has 8 atom stereocenters. The van der Waals surface area contributed by atoms with E-state index in [0.717, 1.165) is 5.52 Å². The van der Waals surface area contributed by atoms with Gasteiger partial charge in [0.05, 0.1) is 32.4 Å². The average molecular weight is 1160 g/mol. The molecule has 5 heterocycles. The molecule has 0 bridgehead atoms. The third-order valence-corrected chi connectivity index (χ3v) is 14.1. The van der Waals surface area contributed by atoms with Crippen molar-refractivity contribution in [1.29, 1.82) is 0 Å². The highest BCUT2D eigenvalue weighted by atomic mass is 16.3. The smallest absolute Gasteiger partial charge is 0.246 e. The summed E-state index contributed by atoms with van der Waals surface area (Å²) in [6.07, 6.45) is 7.70. The summed E-state index contributed by atoms with van der Waals surface area (Å²) >= 11 is 0. The normalized spacial score (nSPS) is 16.9. The maximum absolute atomic E-state index is 14.4. The number of primary amides is 1. The quantitative estimate of drug-likeness (QED) is 0.0221. The van der Waals surface area contributed by atoms with E-state index >= 15 is 0 Å². The summed E-state index contributed by atoms with van der Waals surface area (Å²) in [7, 11) is 0. The van der Waals surface area contributed by atoms with Gasteiger partial charge in [0.2, 0.25) is 65.0 Å². The topological polar surface area (TPSA) is 439 Å². The van der Waals surface area contributed by atoms with Gasteiger partial charge in [-0.3, -0.25) is 52.7 Å². The van der Waals surface area contributed by atoms with Crippen LogP contribution < -0.4 is 53.6 Å². The first-order chi connectivity index (χ1) is 40.2. The molecule has 29 nitrogen and oxygen atoms in total. The van der Waals surface area contributed by atoms with E-state index in [0.29, 0.717) is 34.3 Å². The molecule has 3 aromatic heterocycles. The molecule has 5 aromatic rings. The minimum absolute atomic E-state index is 0.0422. The van der Waals surface area contributed by atoms with Crippen LogP contribution in [-0.4, -0.2) is 180 Å². The van der Waals surface area contributed by atoms with Crippen LogP contribution in [-0.2, 0) is 78.4 Å². The van der Waals surface area contributed by atoms with E-state index in [1.165, 1.54) is 42.1 Å². The van der Waals surface area contributed by atoms with Crippen molar-refractivity contribution in [2.24, 2.45) is 11.7 Å². The Labute approximate surface area is 481 Å². The monoisotopic (exact) mass is 1160 g/mol. The highest BCUT2D eigenvalue weighted by Gasteiger charge is 2.40. The van der Waals surface area contributed by atoms with Gasteiger partial charge in [-0.05, 0) is 60.9 Å². The van der Waals surface area contributed by atoms with Gasteiger partial charge < -0.3 is 83.6 Å². The van der Waals surface area contributed by atoms with Gasteiger partial charge in [-0.2, -0.15) is 0 Å². The Balaban J connectivity index is 1.03. The minimum Gasteiger partial charge on any atom is -0.508 e. The molecule has 0 radical (unpaired) electrons. The lowest BCUT2D eigenvalue weighted by Crippen LogP contribution is -2.60. The van der Waals surface area contributed by atoms with Crippen molar-refractivity contribution >= 4 is 75.9 Å². The summed E-state index contributed by atoms with van der Waals surface area (Å²) in [5.74, 6) is -8.53. The lowest BCUT2D eigenvalue weighted by molar-refractivity contribution is -0.142. The molecule has 448 valence electrons. The van der Waals surface area contributed by atoms with Gasteiger partial charge in [-0.25, -0.2) is 9.97 Å². The minimum atomic E-state index is -1.73. The van der Waals surface area contributed by atoms with Crippen molar-refractivity contribution in [2.75, 3.05) is 26.2 Å². The summed E-state index contributed by atoms with van der Waals surface area (Å²) in [4.78, 5) is 167. The van der Waals surface area contributed by atoms with E-state index in [9.17, 15) is 63.0 Å². The number of rotatable bonds is 29. The second-order valence-electron chi connectivity index (χ2n) is 21.0. The number of aliphatic hydroxyl groups is 1. The van der Waals surface area contributed by atoms with Crippen LogP contribution in [0.5, 0.6) is 5.75 Å². The van der Waals surface area contributed by atoms with Gasteiger partial charge in [0, 0.05) is 79.5 Å². The van der Waals surface area contributed by atoms with Crippen molar-refractivity contribution in [2.45, 2.75) is 120 Å². The second kappa shape index (κ2) is 29.3. The lowest BCUT2D eigenvalue weighted by atomic mass is 10.0. The molecule has 0 saturated carbocycles. The number of amides is 11. The van der Waals surface area contributed by atoms with Gasteiger partial charge in [-0.1, -0.05) is 44.2 Å². The number of fused-ring (bicyclic) bond motifs is 1. The number of aromatic hydroxyl groups is 1. The molecule has 0 aliphatic carbocycles. The van der Waals surface area contributed by atoms with Crippen LogP contribution in [0.25, 0.3) is 10.9 Å². The first-order valence-electron chi connectivity index (χ1n) is 27.4. The fraction of sp³-hybridized carbons (Fsp3) is 0.436. The number of H-pyrrole nitrogens is 3. The zero-order valence-electron chi connectivity index (χ0n) is 46.2. The van der Waals surface area contributed by atoms with Gasteiger partial charge in [-0.15, -0.1) is 0 Å². The number of nitrogens with one attached hydrogen (secondary N) is 12. The summed E-state index contributed by atoms with van der Waals surface area (Å²) in [5, 5.41) is 44.4. The SMILES string of the molecule is CC(C)C[C@H](NC(=O)CNC(=O)[C@H](Cc1cnc[nH]1)NC(=O)[C@H](CO)NC(=O)[C@H](Cc1c[nH]c2ccccc12)NC(=O)[C@H](Cc1cnc[nH]1)NC(=O)[C@@H]1CCC(=O)N1)C(=O)N[C@@H](Cc1ccc(O)cc1)C(=O)N1CCC[C@H]1C(=O)NCC(N)=O. The van der Waals surface area contributed by atoms with Crippen LogP contribution in [0.1, 0.15) is 68.5 Å². The number of aromatic amines is 3. The van der Waals surface area contributed by atoms with Crippen molar-refractivity contribution < 1.29 is 63.0 Å². The lowest BCUT2D eigenvalue weighted by Gasteiger charge is -2.30. The Morgan fingerprint density at radius 1 is 0.667 bits per heavy atom. The number of aromatic nitrogens is 5. The molecular weight excluding hydrogens is 1090 g/mol. The summed E-state index contributed by atoms with van der Waals surface area (Å²) in [6.45, 7) is 1.57. The van der Waals surface area contributed by atoms with Crippen LogP contribution in [0.3, 0.4) is 0 Å². The summed E-state index contributed by atoms with van der Waals surface area (Å²) < 4.78 is 0. The molecule has 16 N–H and O–H groups in total. The number of phenols is 1. The van der Waals surface area contributed by atoms with Crippen LogP contribution in [0.4, 0.5) is 0 Å². The van der Waals surface area contributed by atoms with E-state index in [2.05, 4.69) is 72.8 Å². The van der Waals surface area contributed by atoms with Crippen LogP contribution in [0.15, 0.2) is 79.8 Å². The maximum Gasteiger partial charge on any atom is 0.246 e. The van der Waals surface area contributed by atoms with Crippen molar-refractivity contribution in [3.05, 3.63) is 102 Å². The predicted molar refractivity (Wildman–Crippen MR) is 298 cm³/mol. The number of nitrogens with two attached hydrogens (primary N) is 1. The molecule has 29 heteroatoms. The number of aliphatic hydroxyl groups excluding tert-OH is 1. The fourth-order valence-corrected chi connectivity index (χ4v) is 9.85. The molecule has 2 saturated heterocycles.